The number of pyridine rings is 1. The molecule has 1 unspecified atom stereocenters. The first-order chi connectivity index (χ1) is 9.46. The Morgan fingerprint density at radius 1 is 1.30 bits per heavy atom. The highest BCUT2D eigenvalue weighted by Gasteiger charge is 2.25. The lowest BCUT2D eigenvalue weighted by Gasteiger charge is -2.29. The lowest BCUT2D eigenvalue weighted by Crippen LogP contribution is -2.46. The third kappa shape index (κ3) is 4.46. The first-order valence-corrected chi connectivity index (χ1v) is 7.60. The number of hydrogen-bond donors (Lipinski definition) is 1. The van der Waals surface area contributed by atoms with E-state index in [4.69, 9.17) is 0 Å². The molecule has 1 atom stereocenters. The third-order valence-electron chi connectivity index (χ3n) is 3.89. The molecule has 112 valence electrons. The number of hydrogen-bond acceptors (Lipinski definition) is 3. The Hall–Kier alpha value is -1.13. The molecule has 1 aromatic rings. The predicted molar refractivity (Wildman–Crippen MR) is 83.1 cm³/mol. The minimum absolute atomic E-state index is 0.0936. The van der Waals surface area contributed by atoms with Gasteiger partial charge in [-0.3, -0.25) is 9.69 Å². The molecule has 0 saturated carbocycles. The molecule has 0 aliphatic carbocycles. The van der Waals surface area contributed by atoms with Crippen molar-refractivity contribution >= 4 is 0 Å². The summed E-state index contributed by atoms with van der Waals surface area (Å²) in [5, 5.41) is 3.59. The quantitative estimate of drug-likeness (QED) is 0.890. The summed E-state index contributed by atoms with van der Waals surface area (Å²) >= 11 is 0. The fraction of sp³-hybridized carbons (Fsp3) is 0.688. The van der Waals surface area contributed by atoms with Gasteiger partial charge in [-0.15, -0.1) is 0 Å². The van der Waals surface area contributed by atoms with Crippen molar-refractivity contribution in [3.8, 4) is 0 Å². The van der Waals surface area contributed by atoms with Gasteiger partial charge in [0.15, 0.2) is 0 Å². The fourth-order valence-corrected chi connectivity index (χ4v) is 2.73. The van der Waals surface area contributed by atoms with Crippen LogP contribution >= 0.6 is 0 Å². The first-order valence-electron chi connectivity index (χ1n) is 7.60. The molecule has 0 aromatic carbocycles. The Kier molecular flexibility index (Phi) is 5.00. The van der Waals surface area contributed by atoms with Crippen molar-refractivity contribution in [3.05, 3.63) is 34.7 Å². The second kappa shape index (κ2) is 6.55. The highest BCUT2D eigenvalue weighted by Crippen LogP contribution is 2.17. The van der Waals surface area contributed by atoms with Crippen LogP contribution in [0.15, 0.2) is 29.2 Å². The molecule has 2 heterocycles. The SMILES string of the molecule is CC(C)(C)NCC1CCCN1CCn1ccccc1=O. The van der Waals surface area contributed by atoms with Gasteiger partial charge in [0.05, 0.1) is 0 Å². The van der Waals surface area contributed by atoms with E-state index >= 15 is 0 Å². The smallest absolute Gasteiger partial charge is 0.250 e. The molecule has 1 aromatic heterocycles. The number of nitrogens with zero attached hydrogens (tertiary/aromatic N) is 2. The summed E-state index contributed by atoms with van der Waals surface area (Å²) in [5.41, 5.74) is 0.265. The minimum atomic E-state index is 0.0936. The molecule has 1 aliphatic heterocycles. The summed E-state index contributed by atoms with van der Waals surface area (Å²) in [4.78, 5) is 14.2. The zero-order chi connectivity index (χ0) is 14.6. The van der Waals surface area contributed by atoms with Gasteiger partial charge in [-0.1, -0.05) is 6.07 Å². The predicted octanol–water partition coefficient (Wildman–Crippen LogP) is 1.70. The van der Waals surface area contributed by atoms with E-state index in [0.29, 0.717) is 6.04 Å². The van der Waals surface area contributed by atoms with E-state index in [1.165, 1.54) is 12.8 Å². The number of nitrogens with one attached hydrogen (secondary N) is 1. The average Bonchev–Trinajstić information content (AvgIpc) is 2.82. The van der Waals surface area contributed by atoms with Crippen molar-refractivity contribution in [1.29, 1.82) is 0 Å². The third-order valence-corrected chi connectivity index (χ3v) is 3.89. The average molecular weight is 277 g/mol. The van der Waals surface area contributed by atoms with E-state index in [-0.39, 0.29) is 11.1 Å². The van der Waals surface area contributed by atoms with E-state index in [1.807, 2.05) is 12.3 Å². The van der Waals surface area contributed by atoms with Gasteiger partial charge in [0.2, 0.25) is 0 Å². The molecule has 2 rings (SSSR count). The molecule has 1 saturated heterocycles. The van der Waals surface area contributed by atoms with Crippen LogP contribution in [0.25, 0.3) is 0 Å². The zero-order valence-electron chi connectivity index (χ0n) is 12.9. The summed E-state index contributed by atoms with van der Waals surface area (Å²) in [5.74, 6) is 0. The Bertz CT molecular complexity index is 475. The van der Waals surface area contributed by atoms with Crippen LogP contribution in [0.3, 0.4) is 0 Å². The summed E-state index contributed by atoms with van der Waals surface area (Å²) < 4.78 is 1.80. The summed E-state index contributed by atoms with van der Waals surface area (Å²) in [6.45, 7) is 10.5. The number of rotatable bonds is 5. The molecule has 0 spiro atoms. The van der Waals surface area contributed by atoms with Crippen molar-refractivity contribution in [3.63, 3.8) is 0 Å². The van der Waals surface area contributed by atoms with Crippen molar-refractivity contribution in [2.75, 3.05) is 19.6 Å². The van der Waals surface area contributed by atoms with Crippen LogP contribution in [0.1, 0.15) is 33.6 Å². The second-order valence-corrected chi connectivity index (χ2v) is 6.70. The van der Waals surface area contributed by atoms with Gasteiger partial charge in [0.1, 0.15) is 0 Å². The lowest BCUT2D eigenvalue weighted by molar-refractivity contribution is 0.225. The Labute approximate surface area is 121 Å². The van der Waals surface area contributed by atoms with Gasteiger partial charge in [-0.25, -0.2) is 0 Å². The normalized spacial score (nSPS) is 20.4. The molecule has 1 aliphatic rings. The maximum Gasteiger partial charge on any atom is 0.250 e. The van der Waals surface area contributed by atoms with Crippen LogP contribution in [0.5, 0.6) is 0 Å². The Morgan fingerprint density at radius 2 is 2.10 bits per heavy atom. The van der Waals surface area contributed by atoms with Crippen LogP contribution < -0.4 is 10.9 Å². The minimum Gasteiger partial charge on any atom is -0.314 e. The maximum absolute atomic E-state index is 11.7. The van der Waals surface area contributed by atoms with E-state index in [1.54, 1.807) is 16.7 Å². The summed E-state index contributed by atoms with van der Waals surface area (Å²) in [6, 6.07) is 5.95. The van der Waals surface area contributed by atoms with Crippen LogP contribution in [0.4, 0.5) is 0 Å². The molecule has 4 heteroatoms. The summed E-state index contributed by atoms with van der Waals surface area (Å²) in [7, 11) is 0. The molecule has 0 radical (unpaired) electrons. The molecule has 20 heavy (non-hydrogen) atoms. The van der Waals surface area contributed by atoms with Crippen LogP contribution in [-0.4, -0.2) is 40.7 Å². The van der Waals surface area contributed by atoms with Crippen molar-refractivity contribution in [2.24, 2.45) is 0 Å². The monoisotopic (exact) mass is 277 g/mol. The van der Waals surface area contributed by atoms with E-state index < -0.39 is 0 Å². The molecule has 0 amide bonds. The van der Waals surface area contributed by atoms with Gasteiger partial charge in [-0.2, -0.15) is 0 Å². The topological polar surface area (TPSA) is 37.3 Å². The number of likely N-dealkylation sites (tertiary alicyclic amines) is 1. The van der Waals surface area contributed by atoms with Crippen LogP contribution in [-0.2, 0) is 6.54 Å². The fourth-order valence-electron chi connectivity index (χ4n) is 2.73. The van der Waals surface area contributed by atoms with Gasteiger partial charge >= 0.3 is 0 Å². The van der Waals surface area contributed by atoms with Gasteiger partial charge in [0, 0.05) is 43.5 Å². The molecule has 1 fully saturated rings. The molecular formula is C16H27N3O. The Morgan fingerprint density at radius 3 is 2.80 bits per heavy atom. The molecule has 0 bridgehead atoms. The van der Waals surface area contributed by atoms with Gasteiger partial charge < -0.3 is 9.88 Å². The zero-order valence-corrected chi connectivity index (χ0v) is 12.9. The van der Waals surface area contributed by atoms with Gasteiger partial charge in [0.25, 0.3) is 5.56 Å². The standard InChI is InChI=1S/C16H27N3O/c1-16(2,3)17-13-14-7-6-10-18(14)11-12-19-9-5-4-8-15(19)20/h4-5,8-9,14,17H,6-7,10-13H2,1-3H3. The van der Waals surface area contributed by atoms with Crippen LogP contribution in [0, 0.1) is 0 Å². The van der Waals surface area contributed by atoms with Crippen molar-refractivity contribution < 1.29 is 0 Å². The Balaban J connectivity index is 1.85. The molecule has 1 N–H and O–H groups in total. The van der Waals surface area contributed by atoms with E-state index in [0.717, 1.165) is 26.2 Å². The highest BCUT2D eigenvalue weighted by atomic mass is 16.1. The van der Waals surface area contributed by atoms with Crippen molar-refractivity contribution in [1.82, 2.24) is 14.8 Å². The largest absolute Gasteiger partial charge is 0.314 e. The maximum atomic E-state index is 11.7. The lowest BCUT2D eigenvalue weighted by atomic mass is 10.1. The summed E-state index contributed by atoms with van der Waals surface area (Å²) in [6.07, 6.45) is 4.40. The molecular weight excluding hydrogens is 250 g/mol. The van der Waals surface area contributed by atoms with Crippen molar-refractivity contribution in [2.45, 2.75) is 51.7 Å². The van der Waals surface area contributed by atoms with Gasteiger partial charge in [-0.05, 0) is 46.2 Å². The number of aromatic nitrogens is 1. The van der Waals surface area contributed by atoms with Crippen LogP contribution in [0.2, 0.25) is 0 Å². The highest BCUT2D eigenvalue weighted by molar-refractivity contribution is 4.93. The second-order valence-electron chi connectivity index (χ2n) is 6.70. The molecule has 4 nitrogen and oxygen atoms in total. The van der Waals surface area contributed by atoms with E-state index in [2.05, 4.69) is 31.0 Å². The first kappa shape index (κ1) is 15.3. The van der Waals surface area contributed by atoms with E-state index in [9.17, 15) is 4.79 Å².